The van der Waals surface area contributed by atoms with Crippen molar-refractivity contribution < 1.29 is 14.3 Å². The van der Waals surface area contributed by atoms with Crippen LogP contribution in [-0.4, -0.2) is 28.1 Å². The highest BCUT2D eigenvalue weighted by Gasteiger charge is 2.17. The molecule has 22 heavy (non-hydrogen) atoms. The number of rotatable bonds is 6. The van der Waals surface area contributed by atoms with Crippen LogP contribution in [0.25, 0.3) is 0 Å². The summed E-state index contributed by atoms with van der Waals surface area (Å²) in [5, 5.41) is 6.97. The second-order valence-electron chi connectivity index (χ2n) is 4.73. The lowest BCUT2D eigenvalue weighted by molar-refractivity contribution is 0.100. The van der Waals surface area contributed by atoms with Crippen molar-refractivity contribution in [2.45, 2.75) is 27.3 Å². The van der Waals surface area contributed by atoms with Gasteiger partial charge in [0.15, 0.2) is 5.78 Å². The highest BCUT2D eigenvalue weighted by Crippen LogP contribution is 2.19. The van der Waals surface area contributed by atoms with E-state index in [9.17, 15) is 9.59 Å². The fourth-order valence-electron chi connectivity index (χ4n) is 1.98. The molecule has 0 aliphatic rings. The first kappa shape index (κ1) is 15.8. The van der Waals surface area contributed by atoms with Crippen molar-refractivity contribution in [3.8, 4) is 5.88 Å². The van der Waals surface area contributed by atoms with E-state index in [0.717, 1.165) is 0 Å². The number of carbonyl (C=O) groups excluding carboxylic acids is 2. The van der Waals surface area contributed by atoms with E-state index in [4.69, 9.17) is 4.74 Å². The highest BCUT2D eigenvalue weighted by molar-refractivity contribution is 6.06. The third-order valence-corrected chi connectivity index (χ3v) is 3.10. The first-order valence-electron chi connectivity index (χ1n) is 7.17. The molecule has 0 saturated carbocycles. The second kappa shape index (κ2) is 6.89. The summed E-state index contributed by atoms with van der Waals surface area (Å²) < 4.78 is 7.04. The van der Waals surface area contributed by atoms with E-state index >= 15 is 0 Å². The van der Waals surface area contributed by atoms with Gasteiger partial charge >= 0.3 is 0 Å². The minimum atomic E-state index is -0.316. The summed E-state index contributed by atoms with van der Waals surface area (Å²) >= 11 is 0. The summed E-state index contributed by atoms with van der Waals surface area (Å²) in [7, 11) is 0. The predicted octanol–water partition coefficient (Wildman–Crippen LogP) is 2.76. The van der Waals surface area contributed by atoms with Crippen molar-refractivity contribution >= 4 is 17.4 Å². The van der Waals surface area contributed by atoms with Gasteiger partial charge in [-0.1, -0.05) is 12.1 Å². The van der Waals surface area contributed by atoms with Gasteiger partial charge in [-0.2, -0.15) is 0 Å². The van der Waals surface area contributed by atoms with Gasteiger partial charge in [0.25, 0.3) is 5.91 Å². The first-order valence-corrected chi connectivity index (χ1v) is 7.17. The Bertz CT molecular complexity index is 692. The summed E-state index contributed by atoms with van der Waals surface area (Å²) in [5.41, 5.74) is 1.48. The number of ether oxygens (including phenoxy) is 1. The molecule has 0 saturated heterocycles. The largest absolute Gasteiger partial charge is 0.476 e. The number of nitrogens with one attached hydrogen (secondary N) is 1. The number of hydrogen-bond acceptors (Lipinski definition) is 4. The van der Waals surface area contributed by atoms with Gasteiger partial charge in [-0.15, -0.1) is 5.10 Å². The first-order chi connectivity index (χ1) is 10.5. The molecule has 0 unspecified atom stereocenters. The van der Waals surface area contributed by atoms with Crippen LogP contribution in [0.3, 0.4) is 0 Å². The fraction of sp³-hybridized carbons (Fsp3) is 0.312. The molecule has 0 bridgehead atoms. The summed E-state index contributed by atoms with van der Waals surface area (Å²) in [6.07, 6.45) is 1.65. The van der Waals surface area contributed by atoms with Gasteiger partial charge in [-0.25, -0.2) is 0 Å². The molecule has 0 aliphatic carbocycles. The Morgan fingerprint density at radius 1 is 1.32 bits per heavy atom. The van der Waals surface area contributed by atoms with Gasteiger partial charge in [0.2, 0.25) is 5.88 Å². The zero-order valence-corrected chi connectivity index (χ0v) is 12.9. The second-order valence-corrected chi connectivity index (χ2v) is 4.73. The molecule has 0 spiro atoms. The lowest BCUT2D eigenvalue weighted by Gasteiger charge is -2.06. The van der Waals surface area contributed by atoms with Crippen LogP contribution in [0.4, 0.5) is 5.69 Å². The van der Waals surface area contributed by atoms with Gasteiger partial charge < -0.3 is 10.1 Å². The van der Waals surface area contributed by atoms with E-state index in [1.807, 2.05) is 13.8 Å². The summed E-state index contributed by atoms with van der Waals surface area (Å²) in [4.78, 5) is 23.8. The zero-order chi connectivity index (χ0) is 16.1. The number of ketones is 1. The number of hydrogen-bond donors (Lipinski definition) is 1. The van der Waals surface area contributed by atoms with Crippen LogP contribution < -0.4 is 10.1 Å². The van der Waals surface area contributed by atoms with Gasteiger partial charge in [0.05, 0.1) is 6.61 Å². The summed E-state index contributed by atoms with van der Waals surface area (Å²) in [6, 6.07) is 6.81. The lowest BCUT2D eigenvalue weighted by Crippen LogP contribution is -2.13. The Morgan fingerprint density at radius 2 is 2.09 bits per heavy atom. The fourth-order valence-corrected chi connectivity index (χ4v) is 1.98. The number of amides is 1. The van der Waals surface area contributed by atoms with E-state index in [1.165, 1.54) is 6.92 Å². The molecule has 6 nitrogen and oxygen atoms in total. The zero-order valence-electron chi connectivity index (χ0n) is 12.9. The number of aryl methyl sites for hydroxylation is 1. The maximum absolute atomic E-state index is 12.4. The van der Waals surface area contributed by atoms with E-state index in [1.54, 1.807) is 35.1 Å². The third kappa shape index (κ3) is 3.52. The molecular weight excluding hydrogens is 282 g/mol. The molecule has 1 N–H and O–H groups in total. The van der Waals surface area contributed by atoms with E-state index in [0.29, 0.717) is 35.8 Å². The van der Waals surface area contributed by atoms with Gasteiger partial charge in [0, 0.05) is 24.0 Å². The maximum Gasteiger partial charge on any atom is 0.262 e. The molecule has 0 radical (unpaired) electrons. The third-order valence-electron chi connectivity index (χ3n) is 3.10. The number of anilines is 1. The molecule has 0 aliphatic heterocycles. The maximum atomic E-state index is 12.4. The van der Waals surface area contributed by atoms with Crippen molar-refractivity contribution in [1.82, 2.24) is 9.78 Å². The Labute approximate surface area is 129 Å². The quantitative estimate of drug-likeness (QED) is 0.833. The van der Waals surface area contributed by atoms with Crippen molar-refractivity contribution in [2.75, 3.05) is 11.9 Å². The molecular formula is C16H19N3O3. The number of benzene rings is 1. The molecule has 2 aromatic rings. The van der Waals surface area contributed by atoms with Gasteiger partial charge in [0.1, 0.15) is 5.56 Å². The normalized spacial score (nSPS) is 10.3. The van der Waals surface area contributed by atoms with Crippen LogP contribution in [0.1, 0.15) is 41.5 Å². The number of aromatic nitrogens is 2. The topological polar surface area (TPSA) is 73.2 Å². The minimum absolute atomic E-state index is 0.0510. The van der Waals surface area contributed by atoms with Crippen LogP contribution in [-0.2, 0) is 6.54 Å². The Hall–Kier alpha value is -2.63. The van der Waals surface area contributed by atoms with Crippen LogP contribution in [0.5, 0.6) is 5.88 Å². The lowest BCUT2D eigenvalue weighted by atomic mass is 10.1. The van der Waals surface area contributed by atoms with E-state index in [-0.39, 0.29) is 11.7 Å². The van der Waals surface area contributed by atoms with Crippen LogP contribution in [0.15, 0.2) is 30.5 Å². The Morgan fingerprint density at radius 3 is 2.73 bits per heavy atom. The molecule has 0 fully saturated rings. The van der Waals surface area contributed by atoms with E-state index < -0.39 is 0 Å². The van der Waals surface area contributed by atoms with Crippen molar-refractivity contribution in [1.29, 1.82) is 0 Å². The monoisotopic (exact) mass is 301 g/mol. The molecule has 6 heteroatoms. The molecule has 1 heterocycles. The molecule has 0 atom stereocenters. The van der Waals surface area contributed by atoms with E-state index in [2.05, 4.69) is 10.4 Å². The predicted molar refractivity (Wildman–Crippen MR) is 83.5 cm³/mol. The van der Waals surface area contributed by atoms with Crippen LogP contribution >= 0.6 is 0 Å². The van der Waals surface area contributed by atoms with Crippen molar-refractivity contribution in [2.24, 2.45) is 0 Å². The van der Waals surface area contributed by atoms with Crippen molar-refractivity contribution in [3.63, 3.8) is 0 Å². The molecule has 1 aromatic heterocycles. The number of Topliss-reactive ketones (excluding diaryl/α,β-unsaturated/α-hetero) is 1. The average molecular weight is 301 g/mol. The van der Waals surface area contributed by atoms with Crippen molar-refractivity contribution in [3.05, 3.63) is 41.6 Å². The minimum Gasteiger partial charge on any atom is -0.476 e. The van der Waals surface area contributed by atoms with Gasteiger partial charge in [-0.3, -0.25) is 14.3 Å². The molecule has 1 aromatic carbocycles. The average Bonchev–Trinajstić information content (AvgIpc) is 2.91. The Kier molecular flexibility index (Phi) is 4.93. The smallest absolute Gasteiger partial charge is 0.262 e. The number of carbonyl (C=O) groups is 2. The Balaban J connectivity index is 2.23. The molecule has 1 amide bonds. The SMILES string of the molecule is CCOc1nn(CC)cc1C(=O)Nc1cccc(C(C)=O)c1. The summed E-state index contributed by atoms with van der Waals surface area (Å²) in [5.74, 6) is -0.0571. The van der Waals surface area contributed by atoms with Gasteiger partial charge in [-0.05, 0) is 32.9 Å². The standard InChI is InChI=1S/C16H19N3O3/c1-4-19-10-14(16(18-19)22-5-2)15(21)17-13-8-6-7-12(9-13)11(3)20/h6-10H,4-5H2,1-3H3,(H,17,21). The van der Waals surface area contributed by atoms with Crippen LogP contribution in [0, 0.1) is 0 Å². The summed E-state index contributed by atoms with van der Waals surface area (Å²) in [6.45, 7) is 6.33. The number of nitrogens with zero attached hydrogens (tertiary/aromatic N) is 2. The molecule has 116 valence electrons. The van der Waals surface area contributed by atoms with Crippen LogP contribution in [0.2, 0.25) is 0 Å². The molecule has 2 rings (SSSR count). The highest BCUT2D eigenvalue weighted by atomic mass is 16.5.